The maximum absolute atomic E-state index is 12.2. The van der Waals surface area contributed by atoms with E-state index in [4.69, 9.17) is 37.4 Å². The molecule has 3 aromatic rings. The van der Waals surface area contributed by atoms with Gasteiger partial charge in [-0.25, -0.2) is 5.43 Å². The number of carbonyl (C=O) groups excluding carboxylic acids is 2. The number of hydrogen-bond acceptors (Lipinski definition) is 6. The van der Waals surface area contributed by atoms with Crippen molar-refractivity contribution >= 4 is 46.9 Å². The maximum Gasteiger partial charge on any atom is 0.329 e. The highest BCUT2D eigenvalue weighted by molar-refractivity contribution is 6.42. The fourth-order valence-corrected chi connectivity index (χ4v) is 3.35. The lowest BCUT2D eigenvalue weighted by Gasteiger charge is -2.13. The van der Waals surface area contributed by atoms with Gasteiger partial charge in [0.2, 0.25) is 0 Å². The molecule has 0 aliphatic heterocycles. The monoisotopic (exact) mass is 529 g/mol. The van der Waals surface area contributed by atoms with E-state index < -0.39 is 11.8 Å². The first-order chi connectivity index (χ1) is 17.4. The van der Waals surface area contributed by atoms with Crippen LogP contribution in [0.3, 0.4) is 0 Å². The first-order valence-corrected chi connectivity index (χ1v) is 11.9. The smallest absolute Gasteiger partial charge is 0.329 e. The first kappa shape index (κ1) is 26.8. The summed E-state index contributed by atoms with van der Waals surface area (Å²) in [7, 11) is 0. The second-order valence-electron chi connectivity index (χ2n) is 7.26. The van der Waals surface area contributed by atoms with Crippen LogP contribution in [-0.4, -0.2) is 31.2 Å². The summed E-state index contributed by atoms with van der Waals surface area (Å²) in [5.41, 5.74) is 4.07. The standard InChI is InChI=1S/C26H25Cl2N3O5/c1-3-34-22-8-6-5-7-21(22)30-25(32)26(33)31-29-15-17-10-12-23(24(14-17)35-4-2)36-16-18-9-11-19(27)20(28)13-18/h5-15H,3-4,16H2,1-2H3,(H,30,32)(H,31,33)/b29-15-. The van der Waals surface area contributed by atoms with Gasteiger partial charge in [-0.3, -0.25) is 9.59 Å². The Morgan fingerprint density at radius 2 is 1.58 bits per heavy atom. The van der Waals surface area contributed by atoms with Gasteiger partial charge in [-0.05, 0) is 67.4 Å². The van der Waals surface area contributed by atoms with Crippen molar-refractivity contribution in [3.63, 3.8) is 0 Å². The summed E-state index contributed by atoms with van der Waals surface area (Å²) in [6, 6.07) is 17.3. The summed E-state index contributed by atoms with van der Waals surface area (Å²) in [4.78, 5) is 24.4. The summed E-state index contributed by atoms with van der Waals surface area (Å²) < 4.78 is 17.0. The third kappa shape index (κ3) is 7.63. The maximum atomic E-state index is 12.2. The zero-order valence-electron chi connectivity index (χ0n) is 19.7. The zero-order chi connectivity index (χ0) is 25.9. The number of benzene rings is 3. The highest BCUT2D eigenvalue weighted by Crippen LogP contribution is 2.30. The van der Waals surface area contributed by atoms with Crippen molar-refractivity contribution in [3.8, 4) is 17.2 Å². The summed E-state index contributed by atoms with van der Waals surface area (Å²) in [5.74, 6) is -0.311. The van der Waals surface area contributed by atoms with E-state index in [1.807, 2.05) is 19.9 Å². The molecule has 0 bridgehead atoms. The zero-order valence-corrected chi connectivity index (χ0v) is 21.2. The number of hydrazone groups is 1. The Kier molecular flexibility index (Phi) is 9.97. The molecule has 0 spiro atoms. The van der Waals surface area contributed by atoms with Crippen molar-refractivity contribution in [2.75, 3.05) is 18.5 Å². The SMILES string of the molecule is CCOc1ccccc1NC(=O)C(=O)N/N=C\c1ccc(OCc2ccc(Cl)c(Cl)c2)c(OCC)c1. The van der Waals surface area contributed by atoms with Gasteiger partial charge in [0.05, 0.1) is 35.2 Å². The molecular weight excluding hydrogens is 505 g/mol. The van der Waals surface area contributed by atoms with Crippen LogP contribution in [0.25, 0.3) is 0 Å². The molecule has 0 radical (unpaired) electrons. The molecule has 2 N–H and O–H groups in total. The Bertz CT molecular complexity index is 1250. The first-order valence-electron chi connectivity index (χ1n) is 11.1. The van der Waals surface area contributed by atoms with E-state index in [0.29, 0.717) is 51.8 Å². The van der Waals surface area contributed by atoms with E-state index in [1.165, 1.54) is 6.21 Å². The lowest BCUT2D eigenvalue weighted by molar-refractivity contribution is -0.136. The van der Waals surface area contributed by atoms with Crippen LogP contribution in [-0.2, 0) is 16.2 Å². The number of nitrogens with one attached hydrogen (secondary N) is 2. The van der Waals surface area contributed by atoms with Crippen molar-refractivity contribution < 1.29 is 23.8 Å². The third-order valence-corrected chi connectivity index (χ3v) is 5.41. The summed E-state index contributed by atoms with van der Waals surface area (Å²) in [5, 5.41) is 7.29. The van der Waals surface area contributed by atoms with Crippen LogP contribution in [0.4, 0.5) is 5.69 Å². The molecule has 10 heteroatoms. The molecule has 0 aliphatic carbocycles. The number of anilines is 1. The summed E-state index contributed by atoms with van der Waals surface area (Å²) in [6.07, 6.45) is 1.39. The molecule has 0 atom stereocenters. The molecule has 188 valence electrons. The Morgan fingerprint density at radius 3 is 2.33 bits per heavy atom. The number of ether oxygens (including phenoxy) is 3. The van der Waals surface area contributed by atoms with E-state index in [9.17, 15) is 9.59 Å². The predicted molar refractivity (Wildman–Crippen MR) is 140 cm³/mol. The molecule has 3 aromatic carbocycles. The normalized spacial score (nSPS) is 10.7. The second-order valence-corrected chi connectivity index (χ2v) is 8.07. The van der Waals surface area contributed by atoms with Gasteiger partial charge in [0.1, 0.15) is 12.4 Å². The van der Waals surface area contributed by atoms with Crippen molar-refractivity contribution in [1.82, 2.24) is 5.43 Å². The van der Waals surface area contributed by atoms with E-state index in [2.05, 4.69) is 15.8 Å². The molecule has 36 heavy (non-hydrogen) atoms. The Hall–Kier alpha value is -3.75. The molecule has 0 saturated heterocycles. The van der Waals surface area contributed by atoms with Gasteiger partial charge in [-0.2, -0.15) is 5.10 Å². The number of carbonyl (C=O) groups is 2. The van der Waals surface area contributed by atoms with Gasteiger partial charge in [0.25, 0.3) is 0 Å². The molecular formula is C26H25Cl2N3O5. The summed E-state index contributed by atoms with van der Waals surface area (Å²) in [6.45, 7) is 4.79. The number of amides is 2. The Labute approximate surface area is 219 Å². The minimum atomic E-state index is -0.927. The van der Waals surface area contributed by atoms with Gasteiger partial charge in [0, 0.05) is 0 Å². The van der Waals surface area contributed by atoms with Crippen LogP contribution in [0.5, 0.6) is 17.2 Å². The average molecular weight is 530 g/mol. The van der Waals surface area contributed by atoms with Crippen molar-refractivity contribution in [3.05, 3.63) is 81.8 Å². The lowest BCUT2D eigenvalue weighted by Crippen LogP contribution is -2.32. The quantitative estimate of drug-likeness (QED) is 0.206. The van der Waals surface area contributed by atoms with E-state index >= 15 is 0 Å². The van der Waals surface area contributed by atoms with Crippen LogP contribution in [0, 0.1) is 0 Å². The lowest BCUT2D eigenvalue weighted by atomic mass is 10.2. The molecule has 0 heterocycles. The van der Waals surface area contributed by atoms with Crippen LogP contribution in [0.2, 0.25) is 10.0 Å². The van der Waals surface area contributed by atoms with Gasteiger partial charge >= 0.3 is 11.8 Å². The van der Waals surface area contributed by atoms with Gasteiger partial charge < -0.3 is 19.5 Å². The van der Waals surface area contributed by atoms with E-state index in [-0.39, 0.29) is 6.61 Å². The molecule has 0 aromatic heterocycles. The van der Waals surface area contributed by atoms with Crippen LogP contribution in [0.1, 0.15) is 25.0 Å². The fourth-order valence-electron chi connectivity index (χ4n) is 3.03. The topological polar surface area (TPSA) is 98.2 Å². The third-order valence-electron chi connectivity index (χ3n) is 4.67. The molecule has 3 rings (SSSR count). The molecule has 2 amide bonds. The average Bonchev–Trinajstić information content (AvgIpc) is 2.87. The van der Waals surface area contributed by atoms with E-state index in [0.717, 1.165) is 5.56 Å². The van der Waals surface area contributed by atoms with Crippen LogP contribution >= 0.6 is 23.2 Å². The highest BCUT2D eigenvalue weighted by atomic mass is 35.5. The number of halogens is 2. The van der Waals surface area contributed by atoms with Crippen LogP contribution < -0.4 is 25.0 Å². The molecule has 8 nitrogen and oxygen atoms in total. The van der Waals surface area contributed by atoms with Gasteiger partial charge in [-0.15, -0.1) is 0 Å². The largest absolute Gasteiger partial charge is 0.492 e. The highest BCUT2D eigenvalue weighted by Gasteiger charge is 2.15. The Morgan fingerprint density at radius 1 is 0.833 bits per heavy atom. The van der Waals surface area contributed by atoms with E-state index in [1.54, 1.807) is 54.6 Å². The summed E-state index contributed by atoms with van der Waals surface area (Å²) >= 11 is 12.0. The number of para-hydroxylation sites is 2. The second kappa shape index (κ2) is 13.4. The molecule has 0 unspecified atom stereocenters. The fraction of sp³-hybridized carbons (Fsp3) is 0.192. The van der Waals surface area contributed by atoms with Crippen molar-refractivity contribution in [2.45, 2.75) is 20.5 Å². The predicted octanol–water partition coefficient (Wildman–Crippen LogP) is 5.46. The number of hydrogen-bond donors (Lipinski definition) is 2. The minimum Gasteiger partial charge on any atom is -0.492 e. The molecule has 0 aliphatic rings. The number of nitrogens with zero attached hydrogens (tertiary/aromatic N) is 1. The van der Waals surface area contributed by atoms with Crippen molar-refractivity contribution in [1.29, 1.82) is 0 Å². The van der Waals surface area contributed by atoms with Crippen LogP contribution in [0.15, 0.2) is 65.8 Å². The molecule has 0 saturated carbocycles. The minimum absolute atomic E-state index is 0.266. The number of rotatable bonds is 10. The Balaban J connectivity index is 1.60. The van der Waals surface area contributed by atoms with Gasteiger partial charge in [0.15, 0.2) is 11.5 Å². The van der Waals surface area contributed by atoms with Gasteiger partial charge in [-0.1, -0.05) is 41.4 Å². The van der Waals surface area contributed by atoms with Crippen molar-refractivity contribution in [2.24, 2.45) is 5.10 Å². The molecule has 0 fully saturated rings.